The lowest BCUT2D eigenvalue weighted by atomic mass is 9.98. The summed E-state index contributed by atoms with van der Waals surface area (Å²) in [5.41, 5.74) is 2.52. The van der Waals surface area contributed by atoms with Crippen LogP contribution in [-0.4, -0.2) is 45.3 Å². The van der Waals surface area contributed by atoms with Gasteiger partial charge in [0, 0.05) is 19.6 Å². The van der Waals surface area contributed by atoms with E-state index >= 15 is 0 Å². The van der Waals surface area contributed by atoms with Crippen molar-refractivity contribution in [2.75, 3.05) is 19.7 Å². The van der Waals surface area contributed by atoms with Crippen LogP contribution >= 0.6 is 0 Å². The fraction of sp³-hybridized carbons (Fsp3) is 0.591. The number of hydrogen-bond acceptors (Lipinski definition) is 4. The molecule has 3 rings (SSSR count). The largest absolute Gasteiger partial charge is 0.484 e. The summed E-state index contributed by atoms with van der Waals surface area (Å²) in [5, 5.41) is 4.46. The third-order valence-electron chi connectivity index (χ3n) is 5.49. The minimum absolute atomic E-state index is 0.0572. The Morgan fingerprint density at radius 3 is 2.71 bits per heavy atom. The molecule has 0 spiro atoms. The van der Waals surface area contributed by atoms with Crippen molar-refractivity contribution in [1.82, 2.24) is 19.7 Å². The molecule has 0 radical (unpaired) electrons. The smallest absolute Gasteiger partial charge is 0.260 e. The van der Waals surface area contributed by atoms with Crippen molar-refractivity contribution in [2.24, 2.45) is 5.92 Å². The van der Waals surface area contributed by atoms with Gasteiger partial charge in [-0.25, -0.2) is 9.67 Å². The van der Waals surface area contributed by atoms with Crippen molar-refractivity contribution in [1.29, 1.82) is 0 Å². The van der Waals surface area contributed by atoms with Crippen molar-refractivity contribution < 1.29 is 9.53 Å². The molecular weight excluding hydrogens is 352 g/mol. The Morgan fingerprint density at radius 1 is 1.29 bits per heavy atom. The first-order valence-corrected chi connectivity index (χ1v) is 10.2. The van der Waals surface area contributed by atoms with Gasteiger partial charge in [0.25, 0.3) is 5.91 Å². The highest BCUT2D eigenvalue weighted by molar-refractivity contribution is 5.77. The second kappa shape index (κ2) is 8.76. The van der Waals surface area contributed by atoms with Crippen molar-refractivity contribution in [3.8, 4) is 5.75 Å². The van der Waals surface area contributed by atoms with Crippen LogP contribution in [-0.2, 0) is 11.3 Å². The molecule has 2 aromatic rings. The van der Waals surface area contributed by atoms with Gasteiger partial charge < -0.3 is 9.64 Å². The topological polar surface area (TPSA) is 60.2 Å². The van der Waals surface area contributed by atoms with E-state index in [4.69, 9.17) is 4.74 Å². The molecule has 1 saturated heterocycles. The fourth-order valence-electron chi connectivity index (χ4n) is 4.04. The number of nitrogens with zero attached hydrogens (tertiary/aromatic N) is 4. The van der Waals surface area contributed by atoms with Crippen molar-refractivity contribution >= 4 is 5.91 Å². The predicted molar refractivity (Wildman–Crippen MR) is 110 cm³/mol. The molecule has 1 aliphatic heterocycles. The lowest BCUT2D eigenvalue weighted by Crippen LogP contribution is -2.43. The van der Waals surface area contributed by atoms with Crippen LogP contribution in [0, 0.1) is 26.7 Å². The van der Waals surface area contributed by atoms with E-state index in [0.29, 0.717) is 11.8 Å². The molecule has 1 fully saturated rings. The van der Waals surface area contributed by atoms with E-state index in [2.05, 4.69) is 36.9 Å². The Hall–Kier alpha value is -2.37. The first-order valence-electron chi connectivity index (χ1n) is 10.2. The van der Waals surface area contributed by atoms with Gasteiger partial charge >= 0.3 is 0 Å². The van der Waals surface area contributed by atoms with E-state index in [1.54, 1.807) is 0 Å². The fourth-order valence-corrected chi connectivity index (χ4v) is 4.04. The number of rotatable bonds is 6. The summed E-state index contributed by atoms with van der Waals surface area (Å²) in [4.78, 5) is 19.0. The molecule has 6 nitrogen and oxygen atoms in total. The number of likely N-dealkylation sites (tertiary alicyclic amines) is 1. The van der Waals surface area contributed by atoms with E-state index in [1.807, 2.05) is 35.6 Å². The SMILES string of the molecule is Cc1nc(C)n(CC2CCCN(C(=O)COc3ccc(C(C)C)c(C)c3)C2)n1. The van der Waals surface area contributed by atoms with Crippen LogP contribution in [0.15, 0.2) is 18.2 Å². The minimum atomic E-state index is 0.0572. The Balaban J connectivity index is 1.54. The van der Waals surface area contributed by atoms with Gasteiger partial charge in [-0.3, -0.25) is 4.79 Å². The van der Waals surface area contributed by atoms with Gasteiger partial charge in [0.1, 0.15) is 17.4 Å². The molecule has 28 heavy (non-hydrogen) atoms. The van der Waals surface area contributed by atoms with Crippen LogP contribution in [0.1, 0.15) is 55.4 Å². The summed E-state index contributed by atoms with van der Waals surface area (Å²) in [7, 11) is 0. The molecule has 2 heterocycles. The van der Waals surface area contributed by atoms with E-state index in [1.165, 1.54) is 11.1 Å². The molecule has 0 saturated carbocycles. The number of aromatic nitrogens is 3. The van der Waals surface area contributed by atoms with Crippen LogP contribution in [0.5, 0.6) is 5.75 Å². The lowest BCUT2D eigenvalue weighted by Gasteiger charge is -2.32. The first-order chi connectivity index (χ1) is 13.3. The number of carbonyl (C=O) groups excluding carboxylic acids is 1. The third kappa shape index (κ3) is 4.91. The van der Waals surface area contributed by atoms with E-state index in [0.717, 1.165) is 49.9 Å². The molecule has 1 aliphatic rings. The van der Waals surface area contributed by atoms with Gasteiger partial charge in [-0.2, -0.15) is 5.10 Å². The van der Waals surface area contributed by atoms with Gasteiger partial charge in [0.15, 0.2) is 6.61 Å². The van der Waals surface area contributed by atoms with Crippen LogP contribution in [0.25, 0.3) is 0 Å². The summed E-state index contributed by atoms with van der Waals surface area (Å²) in [6.45, 7) is 12.8. The molecule has 152 valence electrons. The molecule has 1 atom stereocenters. The first kappa shape index (κ1) is 20.4. The second-order valence-electron chi connectivity index (χ2n) is 8.20. The summed E-state index contributed by atoms with van der Waals surface area (Å²) >= 11 is 0. The Kier molecular flexibility index (Phi) is 6.37. The van der Waals surface area contributed by atoms with Crippen LogP contribution in [0.3, 0.4) is 0 Å². The van der Waals surface area contributed by atoms with Crippen molar-refractivity contribution in [2.45, 2.75) is 59.9 Å². The zero-order valence-corrected chi connectivity index (χ0v) is 17.7. The maximum atomic E-state index is 12.7. The van der Waals surface area contributed by atoms with Gasteiger partial charge in [0.2, 0.25) is 0 Å². The molecule has 1 amide bonds. The molecule has 1 unspecified atom stereocenters. The van der Waals surface area contributed by atoms with Crippen molar-refractivity contribution in [3.05, 3.63) is 41.0 Å². The average molecular weight is 385 g/mol. The molecule has 0 bridgehead atoms. The van der Waals surface area contributed by atoms with Gasteiger partial charge in [-0.05, 0) is 68.7 Å². The van der Waals surface area contributed by atoms with E-state index in [-0.39, 0.29) is 12.5 Å². The predicted octanol–water partition coefficient (Wildman–Crippen LogP) is 3.64. The van der Waals surface area contributed by atoms with E-state index in [9.17, 15) is 4.79 Å². The van der Waals surface area contributed by atoms with Gasteiger partial charge in [0.05, 0.1) is 0 Å². The average Bonchev–Trinajstić information content (AvgIpc) is 2.96. The minimum Gasteiger partial charge on any atom is -0.484 e. The number of amides is 1. The van der Waals surface area contributed by atoms with Crippen LogP contribution in [0.4, 0.5) is 0 Å². The Labute approximate surface area is 167 Å². The summed E-state index contributed by atoms with van der Waals surface area (Å²) in [5.74, 6) is 3.45. The third-order valence-corrected chi connectivity index (χ3v) is 5.49. The highest BCUT2D eigenvalue weighted by Gasteiger charge is 2.25. The van der Waals surface area contributed by atoms with Gasteiger partial charge in [-0.1, -0.05) is 19.9 Å². The number of ether oxygens (including phenoxy) is 1. The zero-order chi connectivity index (χ0) is 20.3. The molecule has 0 aliphatic carbocycles. The molecular formula is C22H32N4O2. The zero-order valence-electron chi connectivity index (χ0n) is 17.7. The summed E-state index contributed by atoms with van der Waals surface area (Å²) in [6.07, 6.45) is 2.13. The van der Waals surface area contributed by atoms with Crippen molar-refractivity contribution in [3.63, 3.8) is 0 Å². The number of benzene rings is 1. The second-order valence-corrected chi connectivity index (χ2v) is 8.20. The van der Waals surface area contributed by atoms with Crippen LogP contribution < -0.4 is 4.74 Å². The molecule has 1 aromatic heterocycles. The quantitative estimate of drug-likeness (QED) is 0.763. The standard InChI is InChI=1S/C22H32N4O2/c1-15(2)21-9-8-20(11-16(21)3)28-14-22(27)25-10-6-7-19(12-25)13-26-18(5)23-17(4)24-26/h8-9,11,15,19H,6-7,10,12-14H2,1-5H3. The Morgan fingerprint density at radius 2 is 2.07 bits per heavy atom. The monoisotopic (exact) mass is 384 g/mol. The highest BCUT2D eigenvalue weighted by Crippen LogP contribution is 2.24. The number of aryl methyl sites for hydroxylation is 3. The Bertz CT molecular complexity index is 828. The maximum absolute atomic E-state index is 12.7. The van der Waals surface area contributed by atoms with Crippen LogP contribution in [0.2, 0.25) is 0 Å². The molecule has 1 aromatic carbocycles. The molecule has 6 heteroatoms. The number of carbonyl (C=O) groups is 1. The maximum Gasteiger partial charge on any atom is 0.260 e. The summed E-state index contributed by atoms with van der Waals surface area (Å²) in [6, 6.07) is 6.08. The molecule has 0 N–H and O–H groups in total. The summed E-state index contributed by atoms with van der Waals surface area (Å²) < 4.78 is 7.76. The number of piperidine rings is 1. The highest BCUT2D eigenvalue weighted by atomic mass is 16.5. The van der Waals surface area contributed by atoms with E-state index < -0.39 is 0 Å². The number of hydrogen-bond donors (Lipinski definition) is 0. The van der Waals surface area contributed by atoms with Gasteiger partial charge in [-0.15, -0.1) is 0 Å². The lowest BCUT2D eigenvalue weighted by molar-refractivity contribution is -0.135. The normalized spacial score (nSPS) is 17.2.